The molecule has 158 valence electrons. The lowest BCUT2D eigenvalue weighted by Crippen LogP contribution is -2.33. The van der Waals surface area contributed by atoms with Crippen LogP contribution in [-0.2, 0) is 6.54 Å². The van der Waals surface area contributed by atoms with E-state index in [1.807, 2.05) is 0 Å². The maximum absolute atomic E-state index is 12.9. The molecule has 1 aromatic heterocycles. The van der Waals surface area contributed by atoms with E-state index in [2.05, 4.69) is 11.8 Å². The number of phenolic OH excluding ortho intramolecular Hbond substituents is 1. The number of methoxy groups -OCH3 is 2. The van der Waals surface area contributed by atoms with Gasteiger partial charge in [-0.15, -0.1) is 0 Å². The third-order valence-corrected chi connectivity index (χ3v) is 5.80. The monoisotopic (exact) mass is 409 g/mol. The largest absolute Gasteiger partial charge is 0.507 e. The van der Waals surface area contributed by atoms with Crippen molar-refractivity contribution in [3.05, 3.63) is 52.4 Å². The van der Waals surface area contributed by atoms with Gasteiger partial charge in [0.1, 0.15) is 22.8 Å². The predicted molar refractivity (Wildman–Crippen MR) is 116 cm³/mol. The first kappa shape index (κ1) is 20.3. The molecule has 0 spiro atoms. The van der Waals surface area contributed by atoms with Crippen molar-refractivity contribution in [2.24, 2.45) is 5.92 Å². The van der Waals surface area contributed by atoms with Crippen LogP contribution < -0.4 is 15.1 Å². The molecule has 0 aliphatic carbocycles. The number of benzene rings is 2. The highest BCUT2D eigenvalue weighted by Gasteiger charge is 2.21. The fourth-order valence-corrected chi connectivity index (χ4v) is 4.25. The van der Waals surface area contributed by atoms with Crippen LogP contribution in [0.5, 0.6) is 17.2 Å². The summed E-state index contributed by atoms with van der Waals surface area (Å²) in [5.41, 5.74) is 1.67. The fourth-order valence-electron chi connectivity index (χ4n) is 4.25. The highest BCUT2D eigenvalue weighted by molar-refractivity contribution is 5.86. The van der Waals surface area contributed by atoms with Gasteiger partial charge in [0.2, 0.25) is 0 Å². The van der Waals surface area contributed by atoms with Crippen molar-refractivity contribution in [3.8, 4) is 28.4 Å². The molecule has 0 saturated carbocycles. The van der Waals surface area contributed by atoms with E-state index < -0.39 is 5.63 Å². The molecule has 0 bridgehead atoms. The van der Waals surface area contributed by atoms with E-state index in [1.54, 1.807) is 50.6 Å². The standard InChI is InChI=1S/C24H27NO5/c1-15-5-4-10-25(13-15)14-20-21(26)9-6-16-11-19(24(27)30-23(16)20)18-8-7-17(28-2)12-22(18)29-3/h6-9,11-12,15,26H,4-5,10,13-14H2,1-3H3/t15-/m0/s1. The molecule has 6 nitrogen and oxygen atoms in total. The van der Waals surface area contributed by atoms with Gasteiger partial charge in [0, 0.05) is 30.1 Å². The van der Waals surface area contributed by atoms with Crippen molar-refractivity contribution in [3.63, 3.8) is 0 Å². The third-order valence-electron chi connectivity index (χ3n) is 5.80. The Morgan fingerprint density at radius 3 is 2.70 bits per heavy atom. The molecule has 0 unspecified atom stereocenters. The van der Waals surface area contributed by atoms with Crippen LogP contribution in [0.15, 0.2) is 45.6 Å². The average molecular weight is 409 g/mol. The van der Waals surface area contributed by atoms with Gasteiger partial charge in [-0.1, -0.05) is 6.92 Å². The number of fused-ring (bicyclic) bond motifs is 1. The Hall–Kier alpha value is -2.99. The van der Waals surface area contributed by atoms with E-state index in [0.717, 1.165) is 24.9 Å². The summed E-state index contributed by atoms with van der Waals surface area (Å²) in [6.45, 7) is 4.75. The molecular formula is C24H27NO5. The van der Waals surface area contributed by atoms with Gasteiger partial charge in [-0.2, -0.15) is 0 Å². The lowest BCUT2D eigenvalue weighted by Gasteiger charge is -2.31. The van der Waals surface area contributed by atoms with Crippen molar-refractivity contribution in [2.75, 3.05) is 27.3 Å². The van der Waals surface area contributed by atoms with Crippen LogP contribution >= 0.6 is 0 Å². The zero-order valence-corrected chi connectivity index (χ0v) is 17.6. The molecule has 2 aromatic carbocycles. The Morgan fingerprint density at radius 2 is 1.97 bits per heavy atom. The number of nitrogens with zero attached hydrogens (tertiary/aromatic N) is 1. The minimum absolute atomic E-state index is 0.152. The van der Waals surface area contributed by atoms with Gasteiger partial charge in [-0.05, 0) is 55.6 Å². The number of piperidine rings is 1. The molecule has 3 aromatic rings. The average Bonchev–Trinajstić information content (AvgIpc) is 2.75. The van der Waals surface area contributed by atoms with E-state index >= 15 is 0 Å². The normalized spacial score (nSPS) is 17.2. The first-order valence-electron chi connectivity index (χ1n) is 10.2. The Balaban J connectivity index is 1.79. The molecule has 0 radical (unpaired) electrons. The van der Waals surface area contributed by atoms with Gasteiger partial charge in [0.05, 0.1) is 25.3 Å². The summed E-state index contributed by atoms with van der Waals surface area (Å²) in [6.07, 6.45) is 2.36. The van der Waals surface area contributed by atoms with E-state index in [1.165, 1.54) is 6.42 Å². The van der Waals surface area contributed by atoms with E-state index in [9.17, 15) is 9.90 Å². The number of hydrogen-bond acceptors (Lipinski definition) is 6. The number of phenols is 1. The van der Waals surface area contributed by atoms with Crippen molar-refractivity contribution >= 4 is 11.0 Å². The minimum Gasteiger partial charge on any atom is -0.507 e. The van der Waals surface area contributed by atoms with Crippen LogP contribution in [0.2, 0.25) is 0 Å². The number of aromatic hydroxyl groups is 1. The van der Waals surface area contributed by atoms with Crippen LogP contribution in [0, 0.1) is 5.92 Å². The van der Waals surface area contributed by atoms with Crippen LogP contribution in [0.25, 0.3) is 22.1 Å². The van der Waals surface area contributed by atoms with Crippen LogP contribution in [0.4, 0.5) is 0 Å². The van der Waals surface area contributed by atoms with Gasteiger partial charge < -0.3 is 19.0 Å². The summed E-state index contributed by atoms with van der Waals surface area (Å²) in [5.74, 6) is 1.95. The van der Waals surface area contributed by atoms with Crippen LogP contribution in [0.3, 0.4) is 0 Å². The van der Waals surface area contributed by atoms with E-state index in [0.29, 0.717) is 46.2 Å². The lowest BCUT2D eigenvalue weighted by molar-refractivity contribution is 0.175. The Labute approximate surface area is 175 Å². The molecular weight excluding hydrogens is 382 g/mol. The minimum atomic E-state index is -0.468. The third kappa shape index (κ3) is 3.87. The Morgan fingerprint density at radius 1 is 1.13 bits per heavy atom. The van der Waals surface area contributed by atoms with Crippen LogP contribution in [-0.4, -0.2) is 37.3 Å². The van der Waals surface area contributed by atoms with Gasteiger partial charge in [0.25, 0.3) is 0 Å². The van der Waals surface area contributed by atoms with Crippen molar-refractivity contribution in [1.82, 2.24) is 4.90 Å². The molecule has 1 fully saturated rings. The first-order chi connectivity index (χ1) is 14.5. The Bertz CT molecular complexity index is 1120. The molecule has 1 N–H and O–H groups in total. The van der Waals surface area contributed by atoms with Crippen molar-refractivity contribution < 1.29 is 19.0 Å². The van der Waals surface area contributed by atoms with E-state index in [4.69, 9.17) is 13.9 Å². The molecule has 1 aliphatic heterocycles. The second-order valence-corrected chi connectivity index (χ2v) is 7.98. The maximum atomic E-state index is 12.9. The molecule has 1 atom stereocenters. The van der Waals surface area contributed by atoms with Gasteiger partial charge >= 0.3 is 5.63 Å². The number of hydrogen-bond donors (Lipinski definition) is 1. The summed E-state index contributed by atoms with van der Waals surface area (Å²) < 4.78 is 16.5. The molecule has 1 saturated heterocycles. The second-order valence-electron chi connectivity index (χ2n) is 7.98. The van der Waals surface area contributed by atoms with Gasteiger partial charge in [-0.25, -0.2) is 4.79 Å². The molecule has 30 heavy (non-hydrogen) atoms. The topological polar surface area (TPSA) is 72.1 Å². The fraction of sp³-hybridized carbons (Fsp3) is 0.375. The summed E-state index contributed by atoms with van der Waals surface area (Å²) in [4.78, 5) is 15.2. The summed E-state index contributed by atoms with van der Waals surface area (Å²) >= 11 is 0. The molecule has 2 heterocycles. The van der Waals surface area contributed by atoms with Crippen molar-refractivity contribution in [2.45, 2.75) is 26.3 Å². The highest BCUT2D eigenvalue weighted by Crippen LogP contribution is 2.35. The SMILES string of the molecule is COc1ccc(-c2cc3ccc(O)c(CN4CCC[C@H](C)C4)c3oc2=O)c(OC)c1. The van der Waals surface area contributed by atoms with Gasteiger partial charge in [0.15, 0.2) is 0 Å². The van der Waals surface area contributed by atoms with Gasteiger partial charge in [-0.3, -0.25) is 4.90 Å². The Kier molecular flexibility index (Phi) is 5.68. The highest BCUT2D eigenvalue weighted by atomic mass is 16.5. The van der Waals surface area contributed by atoms with E-state index in [-0.39, 0.29) is 5.75 Å². The first-order valence-corrected chi connectivity index (χ1v) is 10.2. The zero-order chi connectivity index (χ0) is 21.3. The molecule has 4 rings (SSSR count). The zero-order valence-electron chi connectivity index (χ0n) is 17.6. The molecule has 0 amide bonds. The number of rotatable bonds is 5. The predicted octanol–water partition coefficient (Wildman–Crippen LogP) is 4.41. The quantitative estimate of drug-likeness (QED) is 0.629. The lowest BCUT2D eigenvalue weighted by atomic mass is 9.99. The summed E-state index contributed by atoms with van der Waals surface area (Å²) in [5, 5.41) is 11.3. The number of likely N-dealkylation sites (tertiary alicyclic amines) is 1. The summed E-state index contributed by atoms with van der Waals surface area (Å²) in [7, 11) is 3.13. The number of ether oxygens (including phenoxy) is 2. The van der Waals surface area contributed by atoms with Crippen molar-refractivity contribution in [1.29, 1.82) is 0 Å². The maximum Gasteiger partial charge on any atom is 0.344 e. The summed E-state index contributed by atoms with van der Waals surface area (Å²) in [6, 6.07) is 10.5. The second kappa shape index (κ2) is 8.40. The molecule has 6 heteroatoms. The van der Waals surface area contributed by atoms with Crippen LogP contribution in [0.1, 0.15) is 25.3 Å². The molecule has 1 aliphatic rings. The smallest absolute Gasteiger partial charge is 0.344 e.